The number of benzene rings is 1. The fourth-order valence-corrected chi connectivity index (χ4v) is 3.98. The first-order valence-corrected chi connectivity index (χ1v) is 11.9. The summed E-state index contributed by atoms with van der Waals surface area (Å²) in [4.78, 5) is 30.6. The van der Waals surface area contributed by atoms with Crippen molar-refractivity contribution in [3.8, 4) is 17.6 Å². The maximum atomic E-state index is 13.8. The highest BCUT2D eigenvalue weighted by molar-refractivity contribution is 6.00. The molecule has 2 aromatic rings. The highest BCUT2D eigenvalue weighted by Gasteiger charge is 2.30. The standard InChI is InChI=1S/C27H28FN5O4/c1-33-23-14-19(5-4-18-8-11-36-12-9-18)6-7-24(23)37-17-22(26(33)34)32-27(35)31-16-20(15-29)13-21-3-2-10-30-25(21)28/h2-3,6-7,10,14-16,18,22,29H,8-9,11-13,17H2,1H3,(H2,31,32,35)/b20-16-,29-15?. The van der Waals surface area contributed by atoms with Gasteiger partial charge in [0, 0.05) is 62.3 Å². The maximum Gasteiger partial charge on any atom is 0.319 e. The van der Waals surface area contributed by atoms with Gasteiger partial charge in [0.15, 0.2) is 0 Å². The number of rotatable bonds is 5. The monoisotopic (exact) mass is 505 g/mol. The lowest BCUT2D eigenvalue weighted by atomic mass is 10.0. The molecule has 9 nitrogen and oxygen atoms in total. The Morgan fingerprint density at radius 2 is 2.14 bits per heavy atom. The summed E-state index contributed by atoms with van der Waals surface area (Å²) in [6.45, 7) is 1.38. The summed E-state index contributed by atoms with van der Waals surface area (Å²) >= 11 is 0. The van der Waals surface area contributed by atoms with Crippen molar-refractivity contribution in [3.63, 3.8) is 0 Å². The number of pyridine rings is 1. The predicted octanol–water partition coefficient (Wildman–Crippen LogP) is 2.80. The van der Waals surface area contributed by atoms with Gasteiger partial charge in [-0.3, -0.25) is 4.79 Å². The minimum atomic E-state index is -0.943. The van der Waals surface area contributed by atoms with Crippen LogP contribution in [-0.4, -0.2) is 56.0 Å². The third-order valence-corrected chi connectivity index (χ3v) is 6.11. The molecular weight excluding hydrogens is 477 g/mol. The Morgan fingerprint density at radius 3 is 2.89 bits per heavy atom. The fraction of sp³-hybridized carbons (Fsp3) is 0.333. The number of ether oxygens (including phenoxy) is 2. The smallest absolute Gasteiger partial charge is 0.319 e. The molecule has 192 valence electrons. The zero-order chi connectivity index (χ0) is 26.2. The van der Waals surface area contributed by atoms with Crippen LogP contribution in [0.15, 0.2) is 48.3 Å². The fourth-order valence-electron chi connectivity index (χ4n) is 3.98. The molecule has 3 heterocycles. The predicted molar refractivity (Wildman–Crippen MR) is 136 cm³/mol. The number of hydrogen-bond acceptors (Lipinski definition) is 6. The van der Waals surface area contributed by atoms with Crippen LogP contribution in [0.5, 0.6) is 5.75 Å². The number of carbonyl (C=O) groups excluding carboxylic acids is 2. The van der Waals surface area contributed by atoms with E-state index in [1.165, 1.54) is 17.3 Å². The normalized spacial score (nSPS) is 18.0. The number of nitrogens with one attached hydrogen (secondary N) is 3. The Balaban J connectivity index is 1.39. The summed E-state index contributed by atoms with van der Waals surface area (Å²) in [7, 11) is 1.62. The number of hydrogen-bond donors (Lipinski definition) is 3. The van der Waals surface area contributed by atoms with E-state index in [1.54, 1.807) is 31.3 Å². The van der Waals surface area contributed by atoms with Crippen molar-refractivity contribution in [1.29, 1.82) is 5.41 Å². The van der Waals surface area contributed by atoms with Crippen molar-refractivity contribution in [2.75, 3.05) is 31.8 Å². The number of aromatic nitrogens is 1. The van der Waals surface area contributed by atoms with Crippen LogP contribution in [0, 0.1) is 29.1 Å². The number of nitrogens with zero attached hydrogens (tertiary/aromatic N) is 2. The van der Waals surface area contributed by atoms with Crippen LogP contribution in [0.3, 0.4) is 0 Å². The van der Waals surface area contributed by atoms with Crippen molar-refractivity contribution in [1.82, 2.24) is 15.6 Å². The van der Waals surface area contributed by atoms with E-state index in [2.05, 4.69) is 27.5 Å². The molecule has 1 atom stereocenters. The molecule has 2 aliphatic rings. The Kier molecular flexibility index (Phi) is 8.48. The quantitative estimate of drug-likeness (QED) is 0.328. The van der Waals surface area contributed by atoms with Gasteiger partial charge in [-0.15, -0.1) is 0 Å². The molecule has 1 unspecified atom stereocenters. The van der Waals surface area contributed by atoms with Gasteiger partial charge < -0.3 is 30.4 Å². The number of fused-ring (bicyclic) bond motifs is 1. The first kappa shape index (κ1) is 25.9. The van der Waals surface area contributed by atoms with Gasteiger partial charge in [0.1, 0.15) is 18.4 Å². The summed E-state index contributed by atoms with van der Waals surface area (Å²) in [5, 5.41) is 12.6. The molecule has 3 amide bonds. The van der Waals surface area contributed by atoms with E-state index in [0.717, 1.165) is 37.8 Å². The molecule has 0 spiro atoms. The molecule has 1 fully saturated rings. The first-order chi connectivity index (χ1) is 17.9. The minimum absolute atomic E-state index is 0.0568. The minimum Gasteiger partial charge on any atom is -0.489 e. The zero-order valence-corrected chi connectivity index (χ0v) is 20.4. The first-order valence-electron chi connectivity index (χ1n) is 11.9. The number of allylic oxidation sites excluding steroid dienone is 1. The molecule has 1 saturated heterocycles. The van der Waals surface area contributed by atoms with E-state index in [1.807, 2.05) is 6.07 Å². The van der Waals surface area contributed by atoms with Gasteiger partial charge in [-0.2, -0.15) is 4.39 Å². The van der Waals surface area contributed by atoms with Gasteiger partial charge in [0.05, 0.1) is 5.69 Å². The van der Waals surface area contributed by atoms with Crippen LogP contribution in [0.2, 0.25) is 0 Å². The molecule has 0 radical (unpaired) electrons. The number of carbonyl (C=O) groups is 2. The van der Waals surface area contributed by atoms with Gasteiger partial charge in [-0.05, 0) is 42.7 Å². The lowest BCUT2D eigenvalue weighted by Crippen LogP contribution is -2.51. The Labute approximate surface area is 214 Å². The van der Waals surface area contributed by atoms with Crippen LogP contribution in [0.25, 0.3) is 0 Å². The second kappa shape index (κ2) is 12.1. The molecule has 1 aromatic carbocycles. The number of likely N-dealkylation sites (N-methyl/N-ethyl adjacent to an activating group) is 1. The van der Waals surface area contributed by atoms with Crippen molar-refractivity contribution >= 4 is 23.8 Å². The van der Waals surface area contributed by atoms with Crippen molar-refractivity contribution in [2.45, 2.75) is 25.3 Å². The maximum absolute atomic E-state index is 13.8. The van der Waals surface area contributed by atoms with E-state index in [-0.39, 0.29) is 18.9 Å². The highest BCUT2D eigenvalue weighted by atomic mass is 19.1. The van der Waals surface area contributed by atoms with E-state index in [4.69, 9.17) is 14.9 Å². The molecule has 2 aliphatic heterocycles. The van der Waals surface area contributed by atoms with E-state index in [9.17, 15) is 14.0 Å². The van der Waals surface area contributed by atoms with Crippen molar-refractivity contribution in [2.24, 2.45) is 5.92 Å². The molecule has 10 heteroatoms. The largest absolute Gasteiger partial charge is 0.489 e. The molecule has 4 rings (SSSR count). The molecule has 1 aromatic heterocycles. The average Bonchev–Trinajstić information content (AvgIpc) is 3.03. The van der Waals surface area contributed by atoms with E-state index in [0.29, 0.717) is 28.5 Å². The van der Waals surface area contributed by atoms with Gasteiger partial charge in [-0.1, -0.05) is 17.9 Å². The molecule has 0 bridgehead atoms. The Morgan fingerprint density at radius 1 is 1.32 bits per heavy atom. The third kappa shape index (κ3) is 6.71. The van der Waals surface area contributed by atoms with Crippen LogP contribution in [-0.2, 0) is 16.0 Å². The van der Waals surface area contributed by atoms with Crippen LogP contribution in [0.4, 0.5) is 14.9 Å². The summed E-state index contributed by atoms with van der Waals surface area (Å²) < 4.78 is 25.0. The van der Waals surface area contributed by atoms with Gasteiger partial charge in [0.25, 0.3) is 5.91 Å². The van der Waals surface area contributed by atoms with Gasteiger partial charge >= 0.3 is 6.03 Å². The Bertz CT molecular complexity index is 1260. The summed E-state index contributed by atoms with van der Waals surface area (Å²) in [6.07, 6.45) is 5.53. The second-order valence-corrected chi connectivity index (χ2v) is 8.71. The molecular formula is C27H28FN5O4. The lowest BCUT2D eigenvalue weighted by molar-refractivity contribution is -0.120. The van der Waals surface area contributed by atoms with Crippen LogP contribution < -0.4 is 20.3 Å². The summed E-state index contributed by atoms with van der Waals surface area (Å²) in [6, 6.07) is 6.96. The van der Waals surface area contributed by atoms with E-state index >= 15 is 0 Å². The zero-order valence-electron chi connectivity index (χ0n) is 20.4. The van der Waals surface area contributed by atoms with Gasteiger partial charge in [0.2, 0.25) is 5.95 Å². The van der Waals surface area contributed by atoms with Crippen LogP contribution >= 0.6 is 0 Å². The number of halogens is 1. The van der Waals surface area contributed by atoms with E-state index < -0.39 is 18.0 Å². The van der Waals surface area contributed by atoms with Crippen molar-refractivity contribution < 1.29 is 23.5 Å². The highest BCUT2D eigenvalue weighted by Crippen LogP contribution is 2.31. The Hall–Kier alpha value is -4.23. The lowest BCUT2D eigenvalue weighted by Gasteiger charge is -2.20. The second-order valence-electron chi connectivity index (χ2n) is 8.71. The molecule has 0 aliphatic carbocycles. The number of amides is 3. The molecule has 37 heavy (non-hydrogen) atoms. The van der Waals surface area contributed by atoms with Crippen molar-refractivity contribution in [3.05, 3.63) is 65.4 Å². The van der Waals surface area contributed by atoms with Gasteiger partial charge in [-0.25, -0.2) is 9.78 Å². The summed E-state index contributed by atoms with van der Waals surface area (Å²) in [5.74, 6) is 6.29. The number of anilines is 1. The van der Waals surface area contributed by atoms with Crippen LogP contribution in [0.1, 0.15) is 24.0 Å². The average molecular weight is 506 g/mol. The number of urea groups is 1. The topological polar surface area (TPSA) is 117 Å². The molecule has 0 saturated carbocycles. The molecule has 3 N–H and O–H groups in total. The SMILES string of the molecule is CN1C(=O)C(NC(=O)N/C=C(\C=N)Cc2cccnc2F)COc2ccc(C#CC3CCOCC3)cc21. The third-order valence-electron chi connectivity index (χ3n) is 6.11. The summed E-state index contributed by atoms with van der Waals surface area (Å²) in [5.41, 5.74) is 1.98.